The number of carbonyl (C=O) groups excluding carboxylic acids is 1. The van der Waals surface area contributed by atoms with Crippen molar-refractivity contribution in [1.29, 1.82) is 0 Å². The molecule has 0 N–H and O–H groups in total. The molecular formula is C16H24N4O3S. The average molecular weight is 352 g/mol. The maximum Gasteiger partial charge on any atom is 0.241 e. The zero-order chi connectivity index (χ0) is 17.2. The summed E-state index contributed by atoms with van der Waals surface area (Å²) in [6, 6.07) is 3.46. The Morgan fingerprint density at radius 3 is 2.62 bits per heavy atom. The lowest BCUT2D eigenvalue weighted by Gasteiger charge is -2.37. The van der Waals surface area contributed by atoms with Crippen molar-refractivity contribution in [2.45, 2.75) is 25.4 Å². The summed E-state index contributed by atoms with van der Waals surface area (Å²) in [4.78, 5) is 20.9. The summed E-state index contributed by atoms with van der Waals surface area (Å²) in [6.07, 6.45) is 6.19. The van der Waals surface area contributed by atoms with E-state index in [1.54, 1.807) is 6.20 Å². The molecule has 1 unspecified atom stereocenters. The molecule has 2 aliphatic rings. The number of pyridine rings is 1. The third kappa shape index (κ3) is 3.93. The Morgan fingerprint density at radius 1 is 1.25 bits per heavy atom. The predicted molar refractivity (Wildman–Crippen MR) is 90.7 cm³/mol. The molecule has 2 aliphatic heterocycles. The van der Waals surface area contributed by atoms with E-state index in [0.717, 1.165) is 31.6 Å². The van der Waals surface area contributed by atoms with Crippen molar-refractivity contribution in [3.05, 3.63) is 30.1 Å². The fraction of sp³-hybridized carbons (Fsp3) is 0.625. The van der Waals surface area contributed by atoms with Crippen molar-refractivity contribution in [2.75, 3.05) is 39.0 Å². The fourth-order valence-corrected chi connectivity index (χ4v) is 4.59. The minimum atomic E-state index is -3.32. The molecule has 0 aromatic carbocycles. The molecule has 0 spiro atoms. The highest BCUT2D eigenvalue weighted by atomic mass is 32.2. The molecule has 2 fully saturated rings. The molecule has 7 nitrogen and oxygen atoms in total. The lowest BCUT2D eigenvalue weighted by atomic mass is 10.1. The van der Waals surface area contributed by atoms with Gasteiger partial charge in [0.05, 0.1) is 6.26 Å². The maximum atomic E-state index is 12.7. The highest BCUT2D eigenvalue weighted by molar-refractivity contribution is 7.88. The molecule has 1 atom stereocenters. The summed E-state index contributed by atoms with van der Waals surface area (Å²) in [7, 11) is -3.32. The molecule has 1 aromatic rings. The minimum Gasteiger partial charge on any atom is -0.339 e. The summed E-state index contributed by atoms with van der Waals surface area (Å²) in [5.74, 6) is -0.0426. The fourth-order valence-electron chi connectivity index (χ4n) is 3.47. The van der Waals surface area contributed by atoms with Gasteiger partial charge in [-0.15, -0.1) is 0 Å². The number of aromatic nitrogens is 1. The molecule has 0 saturated carbocycles. The van der Waals surface area contributed by atoms with Gasteiger partial charge in [0.25, 0.3) is 0 Å². The molecule has 24 heavy (non-hydrogen) atoms. The van der Waals surface area contributed by atoms with Gasteiger partial charge in [0.2, 0.25) is 15.9 Å². The zero-order valence-electron chi connectivity index (χ0n) is 14.0. The molecule has 1 amide bonds. The van der Waals surface area contributed by atoms with Crippen LogP contribution in [-0.4, -0.2) is 78.4 Å². The van der Waals surface area contributed by atoms with E-state index in [9.17, 15) is 13.2 Å². The summed E-state index contributed by atoms with van der Waals surface area (Å²) < 4.78 is 25.0. The van der Waals surface area contributed by atoms with E-state index in [-0.39, 0.29) is 5.91 Å². The lowest BCUT2D eigenvalue weighted by molar-refractivity contribution is -0.136. The van der Waals surface area contributed by atoms with Crippen LogP contribution < -0.4 is 0 Å². The number of amides is 1. The van der Waals surface area contributed by atoms with Gasteiger partial charge < -0.3 is 4.90 Å². The molecule has 1 aromatic heterocycles. The van der Waals surface area contributed by atoms with Crippen LogP contribution in [-0.2, 0) is 21.4 Å². The molecule has 2 saturated heterocycles. The topological polar surface area (TPSA) is 73.8 Å². The molecule has 0 bridgehead atoms. The average Bonchev–Trinajstić information content (AvgIpc) is 3.06. The monoisotopic (exact) mass is 352 g/mol. The Hall–Kier alpha value is -1.51. The second-order valence-electron chi connectivity index (χ2n) is 6.49. The van der Waals surface area contributed by atoms with E-state index in [0.29, 0.717) is 26.1 Å². The lowest BCUT2D eigenvalue weighted by Crippen LogP contribution is -2.54. The van der Waals surface area contributed by atoms with Crippen molar-refractivity contribution in [3.63, 3.8) is 0 Å². The Kier molecular flexibility index (Phi) is 5.17. The van der Waals surface area contributed by atoms with E-state index >= 15 is 0 Å². The highest BCUT2D eigenvalue weighted by Crippen LogP contribution is 2.22. The van der Waals surface area contributed by atoms with Crippen LogP contribution >= 0.6 is 0 Å². The molecular weight excluding hydrogens is 328 g/mol. The highest BCUT2D eigenvalue weighted by Gasteiger charge is 2.39. The van der Waals surface area contributed by atoms with Crippen LogP contribution in [0.2, 0.25) is 0 Å². The molecule has 0 aliphatic carbocycles. The normalized spacial score (nSPS) is 23.5. The van der Waals surface area contributed by atoms with E-state index in [2.05, 4.69) is 9.88 Å². The summed E-state index contributed by atoms with van der Waals surface area (Å²) >= 11 is 0. The minimum absolute atomic E-state index is 0.0426. The quantitative estimate of drug-likeness (QED) is 0.771. The Balaban J connectivity index is 1.55. The van der Waals surface area contributed by atoms with E-state index in [1.807, 2.05) is 23.2 Å². The first-order valence-corrected chi connectivity index (χ1v) is 10.2. The number of hydrogen-bond donors (Lipinski definition) is 0. The van der Waals surface area contributed by atoms with Gasteiger partial charge in [-0.3, -0.25) is 14.7 Å². The van der Waals surface area contributed by atoms with Crippen LogP contribution in [0.15, 0.2) is 24.5 Å². The van der Waals surface area contributed by atoms with E-state index in [4.69, 9.17) is 0 Å². The summed E-state index contributed by atoms with van der Waals surface area (Å²) in [6.45, 7) is 4.17. The summed E-state index contributed by atoms with van der Waals surface area (Å²) in [5.41, 5.74) is 1.16. The van der Waals surface area contributed by atoms with Crippen LogP contribution in [0.1, 0.15) is 18.4 Å². The van der Waals surface area contributed by atoms with Gasteiger partial charge in [-0.1, -0.05) is 6.07 Å². The number of piperazine rings is 1. The van der Waals surface area contributed by atoms with Crippen LogP contribution in [0.25, 0.3) is 0 Å². The Labute approximate surface area is 143 Å². The van der Waals surface area contributed by atoms with Gasteiger partial charge >= 0.3 is 0 Å². The number of hydrogen-bond acceptors (Lipinski definition) is 5. The van der Waals surface area contributed by atoms with Crippen LogP contribution in [0, 0.1) is 0 Å². The maximum absolute atomic E-state index is 12.7. The number of sulfonamides is 1. The summed E-state index contributed by atoms with van der Waals surface area (Å²) in [5, 5.41) is 0. The van der Waals surface area contributed by atoms with Crippen LogP contribution in [0.3, 0.4) is 0 Å². The van der Waals surface area contributed by atoms with Crippen LogP contribution in [0.5, 0.6) is 0 Å². The third-order valence-corrected chi connectivity index (χ3v) is 6.02. The second kappa shape index (κ2) is 7.16. The largest absolute Gasteiger partial charge is 0.339 e. The second-order valence-corrected chi connectivity index (χ2v) is 8.43. The first-order valence-electron chi connectivity index (χ1n) is 8.32. The Bertz CT molecular complexity index is 672. The molecule has 132 valence electrons. The molecule has 8 heteroatoms. The first kappa shape index (κ1) is 17.3. The smallest absolute Gasteiger partial charge is 0.241 e. The van der Waals surface area contributed by atoms with Crippen molar-refractivity contribution in [1.82, 2.24) is 19.1 Å². The number of nitrogens with zero attached hydrogens (tertiary/aromatic N) is 4. The van der Waals surface area contributed by atoms with Gasteiger partial charge in [-0.25, -0.2) is 8.42 Å². The zero-order valence-corrected chi connectivity index (χ0v) is 14.8. The van der Waals surface area contributed by atoms with Crippen molar-refractivity contribution in [2.24, 2.45) is 0 Å². The number of carbonyl (C=O) groups is 1. The first-order chi connectivity index (χ1) is 11.4. The predicted octanol–water partition coefficient (Wildman–Crippen LogP) is 0.150. The number of rotatable bonds is 4. The van der Waals surface area contributed by atoms with Crippen LogP contribution in [0.4, 0.5) is 0 Å². The van der Waals surface area contributed by atoms with Crippen molar-refractivity contribution >= 4 is 15.9 Å². The van der Waals surface area contributed by atoms with Gasteiger partial charge in [-0.05, 0) is 24.5 Å². The molecule has 0 radical (unpaired) electrons. The van der Waals surface area contributed by atoms with Gasteiger partial charge in [-0.2, -0.15) is 4.31 Å². The Morgan fingerprint density at radius 2 is 2.00 bits per heavy atom. The van der Waals surface area contributed by atoms with Gasteiger partial charge in [0.15, 0.2) is 0 Å². The molecule has 3 rings (SSSR count). The van der Waals surface area contributed by atoms with Crippen molar-refractivity contribution < 1.29 is 13.2 Å². The third-order valence-electron chi connectivity index (χ3n) is 4.73. The van der Waals surface area contributed by atoms with Crippen molar-refractivity contribution in [3.8, 4) is 0 Å². The van der Waals surface area contributed by atoms with E-state index < -0.39 is 16.1 Å². The van der Waals surface area contributed by atoms with Gasteiger partial charge in [0, 0.05) is 51.7 Å². The van der Waals surface area contributed by atoms with Gasteiger partial charge in [0.1, 0.15) is 6.04 Å². The SMILES string of the molecule is CS(=O)(=O)N1CCCC1C(=O)N1CCN(Cc2cccnc2)CC1. The molecule has 3 heterocycles. The standard InChI is InChI=1S/C16H24N4O3S/c1-24(22,23)20-7-3-5-15(20)16(21)19-10-8-18(9-11-19)13-14-4-2-6-17-12-14/h2,4,6,12,15H,3,5,7-11,13H2,1H3. The van der Waals surface area contributed by atoms with E-state index in [1.165, 1.54) is 10.6 Å².